The summed E-state index contributed by atoms with van der Waals surface area (Å²) in [6.07, 6.45) is 3.17. The lowest BCUT2D eigenvalue weighted by atomic mass is 9.95. The van der Waals surface area contributed by atoms with E-state index in [0.29, 0.717) is 39.0 Å². The SMILES string of the molecule is CCOC(=O)C1C(CCC=CP(=O)(OCC)OCC)CCN1C(=O)OCC. The average Bonchev–Trinajstić information content (AvgIpc) is 3.04. The quantitative estimate of drug-likeness (QED) is 0.379. The summed E-state index contributed by atoms with van der Waals surface area (Å²) >= 11 is 0. The second-order valence-electron chi connectivity index (χ2n) is 5.98. The Morgan fingerprint density at radius 3 is 2.22 bits per heavy atom. The summed E-state index contributed by atoms with van der Waals surface area (Å²) < 4.78 is 33.0. The van der Waals surface area contributed by atoms with Crippen LogP contribution in [0, 0.1) is 5.92 Å². The molecule has 9 heteroatoms. The van der Waals surface area contributed by atoms with E-state index in [1.54, 1.807) is 33.8 Å². The summed E-state index contributed by atoms with van der Waals surface area (Å²) in [5.41, 5.74) is 0. The van der Waals surface area contributed by atoms with E-state index in [0.717, 1.165) is 0 Å². The van der Waals surface area contributed by atoms with E-state index in [-0.39, 0.29) is 19.1 Å². The van der Waals surface area contributed by atoms with Gasteiger partial charge in [-0.25, -0.2) is 9.59 Å². The number of nitrogens with zero attached hydrogens (tertiary/aromatic N) is 1. The monoisotopic (exact) mass is 405 g/mol. The van der Waals surface area contributed by atoms with Crippen LogP contribution in [0.4, 0.5) is 4.79 Å². The molecule has 1 rings (SSSR count). The van der Waals surface area contributed by atoms with Crippen LogP contribution in [0.15, 0.2) is 11.9 Å². The van der Waals surface area contributed by atoms with E-state index in [4.69, 9.17) is 18.5 Å². The standard InChI is InChI=1S/C18H32NO7P/c1-5-23-17(20)16-15(12-13-19(16)18(21)24-6-2)11-9-10-14-27(22,25-7-3)26-8-4/h10,14-16H,5-9,11-13H2,1-4H3. The lowest BCUT2D eigenvalue weighted by Gasteiger charge is -2.25. The van der Waals surface area contributed by atoms with Gasteiger partial charge in [0.05, 0.1) is 26.4 Å². The molecule has 27 heavy (non-hydrogen) atoms. The summed E-state index contributed by atoms with van der Waals surface area (Å²) in [4.78, 5) is 25.9. The first-order valence-electron chi connectivity index (χ1n) is 9.58. The fraction of sp³-hybridized carbons (Fsp3) is 0.778. The van der Waals surface area contributed by atoms with Gasteiger partial charge in [0.15, 0.2) is 0 Å². The Kier molecular flexibility index (Phi) is 10.7. The summed E-state index contributed by atoms with van der Waals surface area (Å²) in [5, 5.41) is 0. The molecule has 2 unspecified atom stereocenters. The highest BCUT2D eigenvalue weighted by atomic mass is 31.2. The molecule has 0 aromatic carbocycles. The van der Waals surface area contributed by atoms with Crippen LogP contribution in [0.1, 0.15) is 47.0 Å². The fourth-order valence-electron chi connectivity index (χ4n) is 3.11. The number of likely N-dealkylation sites (tertiary alicyclic amines) is 1. The molecule has 0 spiro atoms. The molecule has 1 aliphatic rings. The maximum Gasteiger partial charge on any atom is 0.410 e. The van der Waals surface area contributed by atoms with Crippen molar-refractivity contribution in [3.8, 4) is 0 Å². The number of esters is 1. The molecule has 2 atom stereocenters. The minimum Gasteiger partial charge on any atom is -0.464 e. The molecule has 1 saturated heterocycles. The highest BCUT2D eigenvalue weighted by Gasteiger charge is 2.43. The van der Waals surface area contributed by atoms with E-state index >= 15 is 0 Å². The zero-order valence-electron chi connectivity index (χ0n) is 16.7. The molecule has 1 heterocycles. The number of hydrogen-bond donors (Lipinski definition) is 0. The molecule has 0 N–H and O–H groups in total. The van der Waals surface area contributed by atoms with Crippen LogP contribution in [0.2, 0.25) is 0 Å². The van der Waals surface area contributed by atoms with Gasteiger partial charge in [0, 0.05) is 12.4 Å². The number of hydrogen-bond acceptors (Lipinski definition) is 7. The predicted molar refractivity (Wildman–Crippen MR) is 101 cm³/mol. The van der Waals surface area contributed by atoms with Gasteiger partial charge in [0.1, 0.15) is 6.04 Å². The zero-order chi connectivity index (χ0) is 20.3. The third kappa shape index (κ3) is 7.28. The minimum atomic E-state index is -3.22. The molecule has 0 bridgehead atoms. The number of carbonyl (C=O) groups excluding carboxylic acids is 2. The Labute approximate surface area is 161 Å². The van der Waals surface area contributed by atoms with Gasteiger partial charge >= 0.3 is 19.7 Å². The molecule has 0 aliphatic carbocycles. The smallest absolute Gasteiger partial charge is 0.410 e. The molecule has 0 saturated carbocycles. The summed E-state index contributed by atoms with van der Waals surface area (Å²) in [6, 6.07) is -0.650. The summed E-state index contributed by atoms with van der Waals surface area (Å²) in [7, 11) is -3.22. The Hall–Kier alpha value is -1.37. The topological polar surface area (TPSA) is 91.4 Å². The predicted octanol–water partition coefficient (Wildman–Crippen LogP) is 3.96. The van der Waals surface area contributed by atoms with Gasteiger partial charge in [0.2, 0.25) is 0 Å². The molecule has 0 radical (unpaired) electrons. The Morgan fingerprint density at radius 2 is 1.67 bits per heavy atom. The van der Waals surface area contributed by atoms with Gasteiger partial charge in [-0.2, -0.15) is 0 Å². The van der Waals surface area contributed by atoms with E-state index in [9.17, 15) is 14.2 Å². The molecular weight excluding hydrogens is 373 g/mol. The van der Waals surface area contributed by atoms with Crippen LogP contribution in [0.25, 0.3) is 0 Å². The third-order valence-corrected chi connectivity index (χ3v) is 5.98. The summed E-state index contributed by atoms with van der Waals surface area (Å²) in [5.74, 6) is 1.01. The Morgan fingerprint density at radius 1 is 1.04 bits per heavy atom. The van der Waals surface area contributed by atoms with Gasteiger partial charge < -0.3 is 18.5 Å². The minimum absolute atomic E-state index is 0.0447. The molecule has 1 fully saturated rings. The van der Waals surface area contributed by atoms with Gasteiger partial charge in [-0.05, 0) is 52.9 Å². The highest BCUT2D eigenvalue weighted by Crippen LogP contribution is 2.49. The molecule has 0 aromatic rings. The van der Waals surface area contributed by atoms with E-state index in [1.807, 2.05) is 0 Å². The second-order valence-corrected chi connectivity index (χ2v) is 7.87. The van der Waals surface area contributed by atoms with E-state index in [2.05, 4.69) is 0 Å². The lowest BCUT2D eigenvalue weighted by Crippen LogP contribution is -2.44. The number of rotatable bonds is 11. The van der Waals surface area contributed by atoms with Crippen molar-refractivity contribution in [3.05, 3.63) is 11.9 Å². The van der Waals surface area contributed by atoms with Gasteiger partial charge in [-0.3, -0.25) is 9.46 Å². The largest absolute Gasteiger partial charge is 0.464 e. The first-order chi connectivity index (χ1) is 12.9. The maximum atomic E-state index is 12.4. The third-order valence-electron chi connectivity index (χ3n) is 4.16. The first-order valence-corrected chi connectivity index (χ1v) is 11.2. The average molecular weight is 405 g/mol. The van der Waals surface area contributed by atoms with Crippen LogP contribution in [0.5, 0.6) is 0 Å². The number of amides is 1. The van der Waals surface area contributed by atoms with Crippen molar-refractivity contribution in [2.24, 2.45) is 5.92 Å². The number of ether oxygens (including phenoxy) is 2. The molecule has 0 aromatic heterocycles. The molecule has 1 amide bonds. The van der Waals surface area contributed by atoms with E-state index in [1.165, 1.54) is 10.7 Å². The normalized spacial score (nSPS) is 20.2. The van der Waals surface area contributed by atoms with Crippen molar-refractivity contribution >= 4 is 19.7 Å². The molecule has 1 aliphatic heterocycles. The van der Waals surface area contributed by atoms with Crippen molar-refractivity contribution in [2.45, 2.75) is 53.0 Å². The Balaban J connectivity index is 2.73. The van der Waals surface area contributed by atoms with Crippen LogP contribution < -0.4 is 0 Å². The zero-order valence-corrected chi connectivity index (χ0v) is 17.6. The first kappa shape index (κ1) is 23.7. The van der Waals surface area contributed by atoms with Crippen LogP contribution in [-0.2, 0) is 27.9 Å². The van der Waals surface area contributed by atoms with Crippen molar-refractivity contribution < 1.29 is 32.7 Å². The van der Waals surface area contributed by atoms with Crippen molar-refractivity contribution in [1.29, 1.82) is 0 Å². The number of allylic oxidation sites excluding steroid dienone is 1. The van der Waals surface area contributed by atoms with Crippen LogP contribution in [0.3, 0.4) is 0 Å². The molecular formula is C18H32NO7P. The van der Waals surface area contributed by atoms with Gasteiger partial charge in [-0.15, -0.1) is 0 Å². The maximum absolute atomic E-state index is 12.4. The molecule has 156 valence electrons. The van der Waals surface area contributed by atoms with E-state index < -0.39 is 25.7 Å². The van der Waals surface area contributed by atoms with Crippen molar-refractivity contribution in [3.63, 3.8) is 0 Å². The van der Waals surface area contributed by atoms with Gasteiger partial charge in [0.25, 0.3) is 0 Å². The second kappa shape index (κ2) is 12.2. The lowest BCUT2D eigenvalue weighted by molar-refractivity contribution is -0.149. The van der Waals surface area contributed by atoms with Crippen LogP contribution in [-0.4, -0.2) is 56.0 Å². The number of carbonyl (C=O) groups is 2. The summed E-state index contributed by atoms with van der Waals surface area (Å²) in [6.45, 7) is 8.52. The van der Waals surface area contributed by atoms with Gasteiger partial charge in [-0.1, -0.05) is 6.08 Å². The van der Waals surface area contributed by atoms with Crippen molar-refractivity contribution in [2.75, 3.05) is 33.0 Å². The fourth-order valence-corrected chi connectivity index (χ4v) is 4.49. The van der Waals surface area contributed by atoms with Crippen molar-refractivity contribution in [1.82, 2.24) is 4.90 Å². The molecule has 8 nitrogen and oxygen atoms in total. The van der Waals surface area contributed by atoms with Crippen LogP contribution >= 0.6 is 7.60 Å². The Bertz CT molecular complexity index is 542. The highest BCUT2D eigenvalue weighted by molar-refractivity contribution is 7.57.